The quantitative estimate of drug-likeness (QED) is 0.568. The number of rotatable bonds is 0. The van der Waals surface area contributed by atoms with Crippen LogP contribution in [0.25, 0.3) is 11.3 Å². The minimum absolute atomic E-state index is 0.0175. The third-order valence-corrected chi connectivity index (χ3v) is 4.49. The highest BCUT2D eigenvalue weighted by Gasteiger charge is 2.18. The van der Waals surface area contributed by atoms with Crippen molar-refractivity contribution < 1.29 is 13.6 Å². The largest absolute Gasteiger partial charge is 0.341 e. The molecule has 1 atom stereocenters. The van der Waals surface area contributed by atoms with Crippen molar-refractivity contribution in [2.75, 3.05) is 5.32 Å². The maximum absolute atomic E-state index is 14.0. The number of aryl methyl sites for hydroxylation is 1. The standard InChI is InChI=1S/C19H17F2N5O/c20-10-1-3-12-16(7-10)25-18(27)6-5-15-13(21)4-2-11(24-15)8-14(22)19-23-9-17(12)26-19/h1-4,7,9,14H,5-6,8,22H2,(H,23,26)(H,25,27). The molecular weight excluding hydrogens is 352 g/mol. The van der Waals surface area contributed by atoms with E-state index in [2.05, 4.69) is 20.3 Å². The molecule has 8 heteroatoms. The van der Waals surface area contributed by atoms with Crippen molar-refractivity contribution in [1.29, 1.82) is 0 Å². The highest BCUT2D eigenvalue weighted by Crippen LogP contribution is 2.29. The van der Waals surface area contributed by atoms with Crippen LogP contribution in [-0.4, -0.2) is 20.9 Å². The normalized spacial score (nSPS) is 17.0. The fourth-order valence-electron chi connectivity index (χ4n) is 3.10. The molecule has 3 heterocycles. The first-order valence-corrected chi connectivity index (χ1v) is 8.54. The summed E-state index contributed by atoms with van der Waals surface area (Å²) in [5, 5.41) is 2.68. The van der Waals surface area contributed by atoms with Crippen LogP contribution in [0.2, 0.25) is 0 Å². The molecule has 0 saturated heterocycles. The van der Waals surface area contributed by atoms with Crippen molar-refractivity contribution in [3.8, 4) is 11.3 Å². The second kappa shape index (κ2) is 6.88. The number of benzene rings is 1. The van der Waals surface area contributed by atoms with Gasteiger partial charge in [-0.05, 0) is 30.3 Å². The van der Waals surface area contributed by atoms with Crippen LogP contribution in [-0.2, 0) is 17.6 Å². The van der Waals surface area contributed by atoms with Gasteiger partial charge >= 0.3 is 0 Å². The van der Waals surface area contributed by atoms with Crippen molar-refractivity contribution in [1.82, 2.24) is 15.0 Å². The van der Waals surface area contributed by atoms with E-state index in [1.165, 1.54) is 18.2 Å². The molecule has 0 fully saturated rings. The van der Waals surface area contributed by atoms with E-state index in [9.17, 15) is 13.6 Å². The molecule has 6 nitrogen and oxygen atoms in total. The van der Waals surface area contributed by atoms with Gasteiger partial charge in [-0.3, -0.25) is 9.78 Å². The van der Waals surface area contributed by atoms with E-state index < -0.39 is 17.7 Å². The molecule has 3 aromatic rings. The van der Waals surface area contributed by atoms with Crippen LogP contribution in [0.1, 0.15) is 29.7 Å². The first-order chi connectivity index (χ1) is 13.0. The predicted molar refractivity (Wildman–Crippen MR) is 95.8 cm³/mol. The second-order valence-corrected chi connectivity index (χ2v) is 6.46. The summed E-state index contributed by atoms with van der Waals surface area (Å²) >= 11 is 0. The Kier molecular flexibility index (Phi) is 4.41. The summed E-state index contributed by atoms with van der Waals surface area (Å²) in [4.78, 5) is 24.0. The summed E-state index contributed by atoms with van der Waals surface area (Å²) < 4.78 is 27.7. The number of halogens is 2. The Morgan fingerprint density at radius 2 is 2.00 bits per heavy atom. The Hall–Kier alpha value is -3.13. The van der Waals surface area contributed by atoms with Crippen LogP contribution in [0.4, 0.5) is 14.5 Å². The number of nitrogens with zero attached hydrogens (tertiary/aromatic N) is 2. The first-order valence-electron chi connectivity index (χ1n) is 8.54. The highest BCUT2D eigenvalue weighted by atomic mass is 19.1. The summed E-state index contributed by atoms with van der Waals surface area (Å²) in [5.74, 6) is -0.788. The van der Waals surface area contributed by atoms with Crippen LogP contribution >= 0.6 is 0 Å². The summed E-state index contributed by atoms with van der Waals surface area (Å²) in [6.45, 7) is 0. The monoisotopic (exact) mass is 369 g/mol. The SMILES string of the molecule is NC1Cc2ccc(F)c(n2)CCC(=O)Nc2cc(F)ccc2-c2cnc1[nH]2. The molecule has 4 rings (SSSR count). The topological polar surface area (TPSA) is 96.7 Å². The zero-order chi connectivity index (χ0) is 19.0. The number of hydrogen-bond acceptors (Lipinski definition) is 4. The molecule has 0 aliphatic carbocycles. The summed E-state index contributed by atoms with van der Waals surface area (Å²) in [7, 11) is 0. The first kappa shape index (κ1) is 17.3. The molecule has 1 aliphatic rings. The molecule has 1 aliphatic heterocycles. The van der Waals surface area contributed by atoms with Gasteiger partial charge in [-0.2, -0.15) is 0 Å². The molecule has 4 N–H and O–H groups in total. The number of fused-ring (bicyclic) bond motifs is 6. The number of carbonyl (C=O) groups is 1. The van der Waals surface area contributed by atoms with Crippen LogP contribution in [0.5, 0.6) is 0 Å². The van der Waals surface area contributed by atoms with Gasteiger partial charge in [0.2, 0.25) is 5.91 Å². The molecule has 0 spiro atoms. The lowest BCUT2D eigenvalue weighted by Crippen LogP contribution is -2.17. The minimum atomic E-state index is -0.480. The molecule has 0 radical (unpaired) electrons. The Morgan fingerprint density at radius 1 is 1.15 bits per heavy atom. The fraction of sp³-hybridized carbons (Fsp3) is 0.211. The van der Waals surface area contributed by atoms with Gasteiger partial charge in [0.05, 0.1) is 29.3 Å². The summed E-state index contributed by atoms with van der Waals surface area (Å²) in [5.41, 5.74) is 8.56. The maximum atomic E-state index is 14.0. The van der Waals surface area contributed by atoms with E-state index in [1.807, 2.05) is 0 Å². The van der Waals surface area contributed by atoms with E-state index >= 15 is 0 Å². The third kappa shape index (κ3) is 3.56. The number of aromatic nitrogens is 3. The van der Waals surface area contributed by atoms with E-state index in [4.69, 9.17) is 5.73 Å². The molecule has 0 saturated carbocycles. The average Bonchev–Trinajstić information content (AvgIpc) is 3.11. The lowest BCUT2D eigenvalue weighted by Gasteiger charge is -2.13. The number of imidazole rings is 1. The van der Waals surface area contributed by atoms with Gasteiger partial charge in [-0.1, -0.05) is 0 Å². The zero-order valence-corrected chi connectivity index (χ0v) is 14.3. The number of amides is 1. The Morgan fingerprint density at radius 3 is 2.85 bits per heavy atom. The number of hydrogen-bond donors (Lipinski definition) is 3. The van der Waals surface area contributed by atoms with Crippen molar-refractivity contribution in [2.45, 2.75) is 25.3 Å². The van der Waals surface area contributed by atoms with Gasteiger partial charge in [0.1, 0.15) is 17.5 Å². The second-order valence-electron chi connectivity index (χ2n) is 6.46. The Labute approximate surface area is 153 Å². The van der Waals surface area contributed by atoms with Crippen molar-refractivity contribution >= 4 is 11.6 Å². The van der Waals surface area contributed by atoms with Gasteiger partial charge < -0.3 is 16.0 Å². The van der Waals surface area contributed by atoms with Gasteiger partial charge in [0.15, 0.2) is 0 Å². The van der Waals surface area contributed by atoms with Crippen molar-refractivity contribution in [3.05, 3.63) is 65.4 Å². The number of H-pyrrole nitrogens is 1. The summed E-state index contributed by atoms with van der Waals surface area (Å²) in [6, 6.07) is 6.53. The molecular formula is C19H17F2N5O. The molecule has 27 heavy (non-hydrogen) atoms. The van der Waals surface area contributed by atoms with Gasteiger partial charge in [-0.25, -0.2) is 13.8 Å². The number of pyridine rings is 1. The molecule has 1 unspecified atom stereocenters. The lowest BCUT2D eigenvalue weighted by atomic mass is 10.1. The minimum Gasteiger partial charge on any atom is -0.341 e. The number of aromatic amines is 1. The van der Waals surface area contributed by atoms with E-state index in [0.29, 0.717) is 34.9 Å². The molecule has 138 valence electrons. The number of carbonyl (C=O) groups excluding carboxylic acids is 1. The molecule has 1 amide bonds. The van der Waals surface area contributed by atoms with Crippen LogP contribution < -0.4 is 11.1 Å². The van der Waals surface area contributed by atoms with Crippen LogP contribution in [0.3, 0.4) is 0 Å². The summed E-state index contributed by atoms with van der Waals surface area (Å²) in [6.07, 6.45) is 2.10. The van der Waals surface area contributed by atoms with Gasteiger partial charge in [0.25, 0.3) is 0 Å². The zero-order valence-electron chi connectivity index (χ0n) is 14.3. The van der Waals surface area contributed by atoms with E-state index in [-0.39, 0.29) is 24.4 Å². The van der Waals surface area contributed by atoms with E-state index in [0.717, 1.165) is 0 Å². The van der Waals surface area contributed by atoms with E-state index in [1.54, 1.807) is 18.3 Å². The fourth-order valence-corrected chi connectivity index (χ4v) is 3.10. The maximum Gasteiger partial charge on any atom is 0.224 e. The van der Waals surface area contributed by atoms with Gasteiger partial charge in [-0.15, -0.1) is 0 Å². The van der Waals surface area contributed by atoms with Crippen LogP contribution in [0.15, 0.2) is 36.5 Å². The van der Waals surface area contributed by atoms with Crippen molar-refractivity contribution in [2.24, 2.45) is 5.73 Å². The Balaban J connectivity index is 1.79. The highest BCUT2D eigenvalue weighted by molar-refractivity contribution is 5.95. The smallest absolute Gasteiger partial charge is 0.224 e. The number of nitrogens with two attached hydrogens (primary N) is 1. The van der Waals surface area contributed by atoms with Crippen molar-refractivity contribution in [3.63, 3.8) is 0 Å². The third-order valence-electron chi connectivity index (χ3n) is 4.49. The average molecular weight is 369 g/mol. The molecule has 1 aromatic carbocycles. The number of nitrogens with one attached hydrogen (secondary N) is 2. The lowest BCUT2D eigenvalue weighted by molar-refractivity contribution is -0.116. The molecule has 4 bridgehead atoms. The number of anilines is 1. The van der Waals surface area contributed by atoms with Crippen LogP contribution in [0, 0.1) is 11.6 Å². The molecule has 2 aromatic heterocycles. The van der Waals surface area contributed by atoms with Gasteiger partial charge in [0, 0.05) is 30.5 Å². The predicted octanol–water partition coefficient (Wildman–Crippen LogP) is 2.88. The Bertz CT molecular complexity index is 1020.